The Morgan fingerprint density at radius 3 is 2.37 bits per heavy atom. The van der Waals surface area contributed by atoms with Gasteiger partial charge < -0.3 is 4.74 Å². The Kier molecular flexibility index (Phi) is 7.24. The number of Topliss-reactive ketones (excluding diaryl/α,β-unsaturated/α-hetero) is 2. The van der Waals surface area contributed by atoms with Gasteiger partial charge in [0.05, 0.1) is 5.60 Å². The van der Waals surface area contributed by atoms with E-state index in [-0.39, 0.29) is 22.9 Å². The second-order valence-electron chi connectivity index (χ2n) is 16.3. The van der Waals surface area contributed by atoms with Crippen LogP contribution in [0.25, 0.3) is 0 Å². The summed E-state index contributed by atoms with van der Waals surface area (Å²) in [4.78, 5) is 25.5. The average molecular weight is 561 g/mol. The van der Waals surface area contributed by atoms with Crippen LogP contribution in [0.4, 0.5) is 0 Å². The van der Waals surface area contributed by atoms with Crippen molar-refractivity contribution < 1.29 is 14.3 Å². The summed E-state index contributed by atoms with van der Waals surface area (Å²) >= 11 is 0. The van der Waals surface area contributed by atoms with Gasteiger partial charge in [-0.15, -0.1) is 0 Å². The molecule has 0 aromatic carbocycles. The minimum atomic E-state index is -0.323. The Hall–Kier alpha value is -1.48. The number of carbonyl (C=O) groups excluding carboxylic acids is 2. The molecule has 0 aromatic rings. The molecule has 0 bridgehead atoms. The molecule has 0 N–H and O–H groups in total. The Labute approximate surface area is 250 Å². The van der Waals surface area contributed by atoms with Crippen LogP contribution in [0, 0.1) is 51.8 Å². The van der Waals surface area contributed by atoms with Gasteiger partial charge in [0.15, 0.2) is 5.78 Å². The molecule has 6 aliphatic rings. The molecule has 8 atom stereocenters. The molecule has 3 saturated carbocycles. The van der Waals surface area contributed by atoms with Crippen molar-refractivity contribution in [3.05, 3.63) is 34.4 Å². The molecule has 41 heavy (non-hydrogen) atoms. The third-order valence-corrected chi connectivity index (χ3v) is 13.9. The van der Waals surface area contributed by atoms with Crippen molar-refractivity contribution in [3.8, 4) is 0 Å². The van der Waals surface area contributed by atoms with Gasteiger partial charge in [-0.3, -0.25) is 9.59 Å². The third-order valence-electron chi connectivity index (χ3n) is 13.9. The van der Waals surface area contributed by atoms with Gasteiger partial charge in [0.25, 0.3) is 0 Å². The zero-order valence-corrected chi connectivity index (χ0v) is 27.3. The maximum absolute atomic E-state index is 13.5. The summed E-state index contributed by atoms with van der Waals surface area (Å²) in [6.07, 6.45) is 17.1. The zero-order valence-electron chi connectivity index (χ0n) is 27.3. The fourth-order valence-electron chi connectivity index (χ4n) is 12.3. The van der Waals surface area contributed by atoms with E-state index in [4.69, 9.17) is 4.74 Å². The molecule has 0 amide bonds. The lowest BCUT2D eigenvalue weighted by atomic mass is 9.37. The van der Waals surface area contributed by atoms with E-state index >= 15 is 0 Å². The van der Waals surface area contributed by atoms with Crippen molar-refractivity contribution >= 4 is 11.6 Å². The normalized spacial score (nSPS) is 43.5. The highest BCUT2D eigenvalue weighted by molar-refractivity contribution is 6.01. The molecule has 0 radical (unpaired) electrons. The smallest absolute Gasteiger partial charge is 0.162 e. The first-order chi connectivity index (χ1) is 19.3. The van der Waals surface area contributed by atoms with Crippen LogP contribution in [-0.2, 0) is 14.3 Å². The SMILES string of the molecule is CCOC12CCC3C(CCC4C3(C)CCC3C(C)(C)C(C5=CCC(C(C)=O)CC5)=CCC34C)C1=C(C(C)C)C(=O)C2. The molecule has 3 heteroatoms. The largest absolute Gasteiger partial charge is 0.370 e. The first kappa shape index (κ1) is 29.6. The van der Waals surface area contributed by atoms with Crippen LogP contribution in [0.15, 0.2) is 34.4 Å². The minimum Gasteiger partial charge on any atom is -0.370 e. The average Bonchev–Trinajstić information content (AvgIpc) is 3.20. The molecule has 8 unspecified atom stereocenters. The third kappa shape index (κ3) is 4.21. The van der Waals surface area contributed by atoms with E-state index in [0.717, 1.165) is 31.3 Å². The topological polar surface area (TPSA) is 43.4 Å². The van der Waals surface area contributed by atoms with E-state index < -0.39 is 0 Å². The van der Waals surface area contributed by atoms with Gasteiger partial charge in [0.2, 0.25) is 0 Å². The zero-order chi connectivity index (χ0) is 29.5. The second-order valence-corrected chi connectivity index (χ2v) is 16.3. The molecule has 226 valence electrons. The number of hydrogen-bond acceptors (Lipinski definition) is 3. The second kappa shape index (κ2) is 10.0. The van der Waals surface area contributed by atoms with E-state index in [1.165, 1.54) is 49.7 Å². The van der Waals surface area contributed by atoms with Gasteiger partial charge in [0, 0.05) is 24.5 Å². The number of ether oxygens (including phenoxy) is 1. The standard InChI is InChI=1S/C38H56O3/c1-9-41-38-21-17-29-27(34(38)33(23(2)3)30(40)22-38)14-15-32-36(29,7)20-18-31-35(5,6)28(16-19-37(31,32)8)26-12-10-25(11-13-26)24(4)39/h12,16,23,25,27,29,31-32H,9-11,13-15,17-22H2,1-8H3. The molecule has 3 nitrogen and oxygen atoms in total. The van der Waals surface area contributed by atoms with Gasteiger partial charge in [-0.05, 0) is 141 Å². The summed E-state index contributed by atoms with van der Waals surface area (Å²) in [5, 5.41) is 0. The number of allylic oxidation sites excluding steroid dienone is 5. The Morgan fingerprint density at radius 2 is 1.73 bits per heavy atom. The number of rotatable bonds is 5. The number of hydrogen-bond donors (Lipinski definition) is 0. The maximum atomic E-state index is 13.5. The fraction of sp³-hybridized carbons (Fsp3) is 0.789. The van der Waals surface area contributed by atoms with E-state index in [0.29, 0.717) is 59.1 Å². The van der Waals surface area contributed by atoms with Crippen molar-refractivity contribution in [1.29, 1.82) is 0 Å². The fourth-order valence-corrected chi connectivity index (χ4v) is 12.3. The van der Waals surface area contributed by atoms with Crippen LogP contribution in [0.2, 0.25) is 0 Å². The van der Waals surface area contributed by atoms with Crippen molar-refractivity contribution in [3.63, 3.8) is 0 Å². The Morgan fingerprint density at radius 1 is 0.976 bits per heavy atom. The monoisotopic (exact) mass is 560 g/mol. The lowest BCUT2D eigenvalue weighted by Gasteiger charge is -2.68. The van der Waals surface area contributed by atoms with Crippen molar-refractivity contribution in [1.82, 2.24) is 0 Å². The van der Waals surface area contributed by atoms with Crippen LogP contribution < -0.4 is 0 Å². The molecule has 3 fully saturated rings. The molecule has 0 spiro atoms. The Balaban J connectivity index is 1.33. The maximum Gasteiger partial charge on any atom is 0.162 e. The molecule has 0 saturated heterocycles. The summed E-state index contributed by atoms with van der Waals surface area (Å²) in [6, 6.07) is 0. The van der Waals surface area contributed by atoms with E-state index in [2.05, 4.69) is 60.6 Å². The lowest BCUT2D eigenvalue weighted by molar-refractivity contribution is -0.167. The van der Waals surface area contributed by atoms with Crippen LogP contribution >= 0.6 is 0 Å². The van der Waals surface area contributed by atoms with Crippen LogP contribution in [0.3, 0.4) is 0 Å². The molecule has 6 aliphatic carbocycles. The molecule has 0 aromatic heterocycles. The minimum absolute atomic E-state index is 0.155. The quantitative estimate of drug-likeness (QED) is 0.337. The predicted molar refractivity (Wildman–Crippen MR) is 166 cm³/mol. The van der Waals surface area contributed by atoms with E-state index in [9.17, 15) is 9.59 Å². The number of fused-ring (bicyclic) bond motifs is 7. The van der Waals surface area contributed by atoms with Gasteiger partial charge in [0.1, 0.15) is 5.78 Å². The van der Waals surface area contributed by atoms with Crippen molar-refractivity contribution in [2.45, 2.75) is 132 Å². The van der Waals surface area contributed by atoms with E-state index in [1.54, 1.807) is 12.5 Å². The van der Waals surface area contributed by atoms with E-state index in [1.807, 2.05) is 0 Å². The molecule has 0 heterocycles. The predicted octanol–water partition coefficient (Wildman–Crippen LogP) is 9.22. The summed E-state index contributed by atoms with van der Waals surface area (Å²) in [7, 11) is 0. The highest BCUT2D eigenvalue weighted by Gasteiger charge is 2.65. The summed E-state index contributed by atoms with van der Waals surface area (Å²) in [5.74, 6) is 3.78. The van der Waals surface area contributed by atoms with Crippen LogP contribution in [0.5, 0.6) is 0 Å². The first-order valence-corrected chi connectivity index (χ1v) is 17.1. The number of carbonyl (C=O) groups is 2. The van der Waals surface area contributed by atoms with Crippen LogP contribution in [0.1, 0.15) is 126 Å². The number of ketones is 2. The lowest BCUT2D eigenvalue weighted by Crippen LogP contribution is -2.61. The summed E-state index contributed by atoms with van der Waals surface area (Å²) in [5.41, 5.74) is 6.15. The van der Waals surface area contributed by atoms with Crippen molar-refractivity contribution in [2.75, 3.05) is 6.61 Å². The van der Waals surface area contributed by atoms with Gasteiger partial charge >= 0.3 is 0 Å². The first-order valence-electron chi connectivity index (χ1n) is 17.1. The van der Waals surface area contributed by atoms with Crippen molar-refractivity contribution in [2.24, 2.45) is 51.8 Å². The Bertz CT molecular complexity index is 1210. The molecule has 6 rings (SSSR count). The molecular formula is C38H56O3. The highest BCUT2D eigenvalue weighted by atomic mass is 16.5. The van der Waals surface area contributed by atoms with Crippen LogP contribution in [-0.4, -0.2) is 23.8 Å². The summed E-state index contributed by atoms with van der Waals surface area (Å²) in [6.45, 7) is 19.4. The molecule has 0 aliphatic heterocycles. The highest BCUT2D eigenvalue weighted by Crippen LogP contribution is 2.72. The molecular weight excluding hydrogens is 504 g/mol. The van der Waals surface area contributed by atoms with Gasteiger partial charge in [-0.2, -0.15) is 0 Å². The van der Waals surface area contributed by atoms with Gasteiger partial charge in [-0.1, -0.05) is 53.7 Å². The van der Waals surface area contributed by atoms with Gasteiger partial charge in [-0.25, -0.2) is 0 Å². The summed E-state index contributed by atoms with van der Waals surface area (Å²) < 4.78 is 6.57.